The van der Waals surface area contributed by atoms with Gasteiger partial charge in [0, 0.05) is 17.2 Å². The Morgan fingerprint density at radius 1 is 1.16 bits per heavy atom. The number of benzene rings is 2. The minimum Gasteiger partial charge on any atom is -0.457 e. The van der Waals surface area contributed by atoms with Crippen molar-refractivity contribution in [1.29, 1.82) is 0 Å². The summed E-state index contributed by atoms with van der Waals surface area (Å²) >= 11 is 6.04. The third-order valence-corrected chi connectivity index (χ3v) is 5.61. The summed E-state index contributed by atoms with van der Waals surface area (Å²) in [5.74, 6) is 1.04. The van der Waals surface area contributed by atoms with Crippen LogP contribution in [-0.2, 0) is 6.54 Å². The highest BCUT2D eigenvalue weighted by Gasteiger charge is 2.18. The van der Waals surface area contributed by atoms with Gasteiger partial charge in [0.2, 0.25) is 0 Å². The van der Waals surface area contributed by atoms with Crippen LogP contribution in [0.15, 0.2) is 52.9 Å². The van der Waals surface area contributed by atoms with Crippen LogP contribution in [0.1, 0.15) is 34.7 Å². The number of aryl methyl sites for hydroxylation is 1. The van der Waals surface area contributed by atoms with E-state index in [1.54, 1.807) is 30.3 Å². The van der Waals surface area contributed by atoms with Crippen LogP contribution < -0.4 is 10.1 Å². The second kappa shape index (κ2) is 9.42. The average molecular weight is 456 g/mol. The van der Waals surface area contributed by atoms with Crippen molar-refractivity contribution >= 4 is 28.9 Å². The Hall–Kier alpha value is -3.36. The van der Waals surface area contributed by atoms with Gasteiger partial charge in [0.1, 0.15) is 17.3 Å². The van der Waals surface area contributed by atoms with Gasteiger partial charge in [-0.2, -0.15) is 0 Å². The molecular formula is C23H22ClN3O5. The van der Waals surface area contributed by atoms with Gasteiger partial charge in [0.15, 0.2) is 5.76 Å². The summed E-state index contributed by atoms with van der Waals surface area (Å²) in [6.07, 6.45) is 2.33. The van der Waals surface area contributed by atoms with Crippen molar-refractivity contribution in [3.63, 3.8) is 0 Å². The first-order valence-electron chi connectivity index (χ1n) is 10.2. The summed E-state index contributed by atoms with van der Waals surface area (Å²) in [6, 6.07) is 12.5. The van der Waals surface area contributed by atoms with Crippen LogP contribution in [0.2, 0.25) is 5.02 Å². The molecule has 1 fully saturated rings. The van der Waals surface area contributed by atoms with Crippen LogP contribution in [0.25, 0.3) is 0 Å². The van der Waals surface area contributed by atoms with Crippen LogP contribution >= 0.6 is 11.6 Å². The quantitative estimate of drug-likeness (QED) is 0.357. The van der Waals surface area contributed by atoms with E-state index in [9.17, 15) is 14.9 Å². The Balaban J connectivity index is 1.50. The van der Waals surface area contributed by atoms with Crippen molar-refractivity contribution in [3.05, 3.63) is 80.8 Å². The number of non-ortho nitro benzene ring substituents is 1. The SMILES string of the molecule is Cc1cc(Oc2cc(NC(=O)c3ccc(CN4CCCC4)o3)cc([N+](=O)[O-])c2)ccc1Cl. The average Bonchev–Trinajstić information content (AvgIpc) is 3.43. The molecule has 166 valence electrons. The number of hydrogen-bond acceptors (Lipinski definition) is 6. The van der Waals surface area contributed by atoms with Gasteiger partial charge in [0.25, 0.3) is 11.6 Å². The summed E-state index contributed by atoms with van der Waals surface area (Å²) in [6.45, 7) is 4.52. The Morgan fingerprint density at radius 2 is 1.94 bits per heavy atom. The van der Waals surface area contributed by atoms with Gasteiger partial charge in [0.05, 0.1) is 23.2 Å². The highest BCUT2D eigenvalue weighted by molar-refractivity contribution is 6.31. The largest absolute Gasteiger partial charge is 0.457 e. The molecule has 1 aliphatic rings. The molecule has 1 N–H and O–H groups in total. The predicted octanol–water partition coefficient (Wildman–Crippen LogP) is 5.79. The molecule has 0 bridgehead atoms. The van der Waals surface area contributed by atoms with E-state index >= 15 is 0 Å². The number of likely N-dealkylation sites (tertiary alicyclic amines) is 1. The third kappa shape index (κ3) is 5.27. The maximum absolute atomic E-state index is 12.7. The van der Waals surface area contributed by atoms with E-state index in [0.717, 1.165) is 18.7 Å². The lowest BCUT2D eigenvalue weighted by molar-refractivity contribution is -0.384. The molecule has 0 saturated carbocycles. The number of nitrogens with zero attached hydrogens (tertiary/aromatic N) is 2. The van der Waals surface area contributed by atoms with Crippen molar-refractivity contribution in [2.24, 2.45) is 0 Å². The Kier molecular flexibility index (Phi) is 6.43. The normalized spacial score (nSPS) is 13.8. The summed E-state index contributed by atoms with van der Waals surface area (Å²) < 4.78 is 11.4. The predicted molar refractivity (Wildman–Crippen MR) is 121 cm³/mol. The van der Waals surface area contributed by atoms with Crippen molar-refractivity contribution < 1.29 is 18.9 Å². The molecule has 1 aliphatic heterocycles. The minimum atomic E-state index is -0.545. The zero-order valence-electron chi connectivity index (χ0n) is 17.5. The topological polar surface area (TPSA) is 97.8 Å². The maximum atomic E-state index is 12.7. The number of carbonyl (C=O) groups excluding carboxylic acids is 1. The lowest BCUT2D eigenvalue weighted by Crippen LogP contribution is -2.18. The molecule has 0 aliphatic carbocycles. The molecule has 1 saturated heterocycles. The van der Waals surface area contributed by atoms with Gasteiger partial charge in [-0.1, -0.05) is 11.6 Å². The smallest absolute Gasteiger partial charge is 0.291 e. The zero-order chi connectivity index (χ0) is 22.7. The van der Waals surface area contributed by atoms with Crippen LogP contribution in [-0.4, -0.2) is 28.8 Å². The molecule has 32 heavy (non-hydrogen) atoms. The summed E-state index contributed by atoms with van der Waals surface area (Å²) in [7, 11) is 0. The molecule has 0 spiro atoms. The van der Waals surface area contributed by atoms with E-state index in [-0.39, 0.29) is 22.9 Å². The fourth-order valence-corrected chi connectivity index (χ4v) is 3.69. The number of nitrogens with one attached hydrogen (secondary N) is 1. The highest BCUT2D eigenvalue weighted by atomic mass is 35.5. The van der Waals surface area contributed by atoms with Gasteiger partial charge in [-0.05, 0) is 68.8 Å². The van der Waals surface area contributed by atoms with Crippen molar-refractivity contribution in [2.75, 3.05) is 18.4 Å². The number of nitro benzene ring substituents is 1. The Bertz CT molecular complexity index is 1150. The second-order valence-electron chi connectivity index (χ2n) is 7.69. The first kappa shape index (κ1) is 21.9. The summed E-state index contributed by atoms with van der Waals surface area (Å²) in [4.78, 5) is 25.8. The number of nitro groups is 1. The molecule has 2 aromatic carbocycles. The minimum absolute atomic E-state index is 0.140. The number of carbonyl (C=O) groups is 1. The first-order valence-corrected chi connectivity index (χ1v) is 10.6. The van der Waals surface area contributed by atoms with E-state index in [1.807, 2.05) is 6.92 Å². The van der Waals surface area contributed by atoms with Crippen molar-refractivity contribution in [2.45, 2.75) is 26.3 Å². The van der Waals surface area contributed by atoms with Gasteiger partial charge in [-0.3, -0.25) is 19.8 Å². The zero-order valence-corrected chi connectivity index (χ0v) is 18.2. The van der Waals surface area contributed by atoms with Crippen LogP contribution in [0.3, 0.4) is 0 Å². The standard InChI is InChI=1S/C23H22ClN3O5/c1-15-10-18(4-6-21(15)24)31-20-12-16(11-17(13-20)27(29)30)25-23(28)22-7-5-19(32-22)14-26-8-2-3-9-26/h4-7,10-13H,2-3,8-9,14H2,1H3,(H,25,28). The lowest BCUT2D eigenvalue weighted by Gasteiger charge is -2.12. The van der Waals surface area contributed by atoms with E-state index in [4.69, 9.17) is 20.8 Å². The van der Waals surface area contributed by atoms with Crippen LogP contribution in [0.4, 0.5) is 11.4 Å². The molecule has 0 unspecified atom stereocenters. The molecule has 4 rings (SSSR count). The molecule has 0 atom stereocenters. The van der Waals surface area contributed by atoms with Gasteiger partial charge < -0.3 is 14.5 Å². The molecule has 3 aromatic rings. The molecular weight excluding hydrogens is 434 g/mol. The fourth-order valence-electron chi connectivity index (χ4n) is 3.58. The third-order valence-electron chi connectivity index (χ3n) is 5.19. The molecule has 8 nitrogen and oxygen atoms in total. The van der Waals surface area contributed by atoms with Crippen LogP contribution in [0, 0.1) is 17.0 Å². The Morgan fingerprint density at radius 3 is 2.66 bits per heavy atom. The molecule has 2 heterocycles. The number of hydrogen-bond donors (Lipinski definition) is 1. The first-order chi connectivity index (χ1) is 15.4. The van der Waals surface area contributed by atoms with Crippen molar-refractivity contribution in [3.8, 4) is 11.5 Å². The van der Waals surface area contributed by atoms with Crippen molar-refractivity contribution in [1.82, 2.24) is 4.90 Å². The molecule has 1 amide bonds. The summed E-state index contributed by atoms with van der Waals surface area (Å²) in [5, 5.41) is 14.6. The molecule has 0 radical (unpaired) electrons. The number of halogens is 1. The number of anilines is 1. The number of ether oxygens (including phenoxy) is 1. The van der Waals surface area contributed by atoms with E-state index in [1.165, 1.54) is 31.0 Å². The highest BCUT2D eigenvalue weighted by Crippen LogP contribution is 2.31. The lowest BCUT2D eigenvalue weighted by atomic mass is 10.2. The van der Waals surface area contributed by atoms with E-state index in [0.29, 0.717) is 23.1 Å². The molecule has 1 aromatic heterocycles. The number of amides is 1. The van der Waals surface area contributed by atoms with Gasteiger partial charge in [-0.25, -0.2) is 0 Å². The second-order valence-corrected chi connectivity index (χ2v) is 8.10. The summed E-state index contributed by atoms with van der Waals surface area (Å²) in [5.41, 5.74) is 0.825. The fraction of sp³-hybridized carbons (Fsp3) is 0.261. The monoisotopic (exact) mass is 455 g/mol. The Labute approximate surface area is 189 Å². The number of rotatable bonds is 7. The molecule has 9 heteroatoms. The maximum Gasteiger partial charge on any atom is 0.291 e. The van der Waals surface area contributed by atoms with E-state index < -0.39 is 10.8 Å². The van der Waals surface area contributed by atoms with E-state index in [2.05, 4.69) is 10.2 Å². The van der Waals surface area contributed by atoms with Crippen LogP contribution in [0.5, 0.6) is 11.5 Å². The number of furan rings is 1. The van der Waals surface area contributed by atoms with Gasteiger partial charge >= 0.3 is 0 Å². The van der Waals surface area contributed by atoms with Gasteiger partial charge in [-0.15, -0.1) is 0 Å².